The number of carbonyl (C=O) groups is 2. The van der Waals surface area contributed by atoms with Gasteiger partial charge in [-0.15, -0.1) is 12.8 Å². The lowest BCUT2D eigenvalue weighted by Crippen LogP contribution is -2.50. The third-order valence-electron chi connectivity index (χ3n) is 6.57. The average Bonchev–Trinajstić information content (AvgIpc) is 3.68. The Balaban J connectivity index is 0.000000482. The summed E-state index contributed by atoms with van der Waals surface area (Å²) >= 11 is 6.12. The smallest absolute Gasteiger partial charge is 0.231 e. The topological polar surface area (TPSA) is 110 Å². The van der Waals surface area contributed by atoms with Gasteiger partial charge >= 0.3 is 0 Å². The van der Waals surface area contributed by atoms with Gasteiger partial charge in [-0.25, -0.2) is 4.99 Å². The second-order valence-electron chi connectivity index (χ2n) is 10.9. The van der Waals surface area contributed by atoms with E-state index in [0.717, 1.165) is 12.0 Å². The minimum atomic E-state index is -0.468. The van der Waals surface area contributed by atoms with Gasteiger partial charge in [0, 0.05) is 41.9 Å². The van der Waals surface area contributed by atoms with Gasteiger partial charge in [0.2, 0.25) is 11.8 Å². The van der Waals surface area contributed by atoms with Crippen LogP contribution < -0.4 is 15.8 Å². The fraction of sp³-hybridized carbons (Fsp3) is 0.484. The maximum absolute atomic E-state index is 12.9. The summed E-state index contributed by atoms with van der Waals surface area (Å²) in [6.07, 6.45) is 13.2. The number of nitrogens with two attached hydrogens (primary N) is 1. The Labute approximate surface area is 243 Å². The lowest BCUT2D eigenvalue weighted by Gasteiger charge is -2.38. The third-order valence-corrected chi connectivity index (χ3v) is 6.81. The molecule has 0 saturated heterocycles. The summed E-state index contributed by atoms with van der Waals surface area (Å²) < 4.78 is 6.04. The van der Waals surface area contributed by atoms with Crippen LogP contribution in [0.1, 0.15) is 72.4 Å². The molecule has 2 amide bonds. The minimum absolute atomic E-state index is 0.00361. The van der Waals surface area contributed by atoms with Gasteiger partial charge in [0.1, 0.15) is 11.4 Å². The highest BCUT2D eigenvalue weighted by atomic mass is 35.5. The van der Waals surface area contributed by atoms with Crippen LogP contribution in [0.15, 0.2) is 53.8 Å². The van der Waals surface area contributed by atoms with Gasteiger partial charge in [0.25, 0.3) is 0 Å². The van der Waals surface area contributed by atoms with Crippen molar-refractivity contribution in [3.05, 3.63) is 59.4 Å². The highest BCUT2D eigenvalue weighted by molar-refractivity contribution is 6.30. The predicted octanol–water partition coefficient (Wildman–Crippen LogP) is 5.38. The van der Waals surface area contributed by atoms with Gasteiger partial charge in [-0.3, -0.25) is 19.5 Å². The highest BCUT2D eigenvalue weighted by Gasteiger charge is 2.47. The molecule has 8 nitrogen and oxygen atoms in total. The number of aromatic nitrogens is 1. The number of pyridine rings is 1. The number of halogens is 1. The van der Waals surface area contributed by atoms with E-state index in [2.05, 4.69) is 28.1 Å². The average molecular weight is 568 g/mol. The Bertz CT molecular complexity index is 1170. The van der Waals surface area contributed by atoms with Crippen molar-refractivity contribution in [1.29, 1.82) is 0 Å². The van der Waals surface area contributed by atoms with Crippen molar-refractivity contribution in [3.8, 4) is 18.6 Å². The van der Waals surface area contributed by atoms with E-state index in [-0.39, 0.29) is 35.7 Å². The van der Waals surface area contributed by atoms with Crippen LogP contribution in [0.4, 0.5) is 0 Å². The van der Waals surface area contributed by atoms with E-state index in [9.17, 15) is 9.59 Å². The molecule has 1 unspecified atom stereocenters. The van der Waals surface area contributed by atoms with Crippen molar-refractivity contribution in [2.75, 3.05) is 6.54 Å². The number of aliphatic imine (C=N–C) groups is 1. The van der Waals surface area contributed by atoms with E-state index in [0.29, 0.717) is 30.2 Å². The van der Waals surface area contributed by atoms with E-state index in [1.54, 1.807) is 18.5 Å². The quantitative estimate of drug-likeness (QED) is 0.482. The molecule has 3 aliphatic rings. The molecule has 0 bridgehead atoms. The van der Waals surface area contributed by atoms with Crippen molar-refractivity contribution in [1.82, 2.24) is 15.2 Å². The number of ether oxygens (including phenoxy) is 1. The Kier molecular flexibility index (Phi) is 11.6. The second-order valence-corrected chi connectivity index (χ2v) is 11.3. The zero-order chi connectivity index (χ0) is 30.1. The third kappa shape index (κ3) is 8.99. The first-order valence-corrected chi connectivity index (χ1v) is 13.9. The Hall–Kier alpha value is -3.57. The number of amides is 2. The molecule has 9 heteroatoms. The summed E-state index contributed by atoms with van der Waals surface area (Å²) in [6, 6.07) is 11.1. The van der Waals surface area contributed by atoms with E-state index in [4.69, 9.17) is 22.1 Å². The van der Waals surface area contributed by atoms with Crippen molar-refractivity contribution in [2.45, 2.75) is 78.0 Å². The molecule has 0 radical (unpaired) electrons. The van der Waals surface area contributed by atoms with E-state index < -0.39 is 11.1 Å². The summed E-state index contributed by atoms with van der Waals surface area (Å²) in [4.78, 5) is 35.1. The number of nitrogens with one attached hydrogen (secondary N) is 1. The van der Waals surface area contributed by atoms with Crippen LogP contribution >= 0.6 is 11.6 Å². The van der Waals surface area contributed by atoms with Crippen molar-refractivity contribution >= 4 is 29.4 Å². The summed E-state index contributed by atoms with van der Waals surface area (Å²) in [5.74, 6) is 0.907. The van der Waals surface area contributed by atoms with Crippen LogP contribution in [-0.2, 0) is 9.59 Å². The molecule has 0 spiro atoms. The van der Waals surface area contributed by atoms with Gasteiger partial charge in [-0.05, 0) is 64.3 Å². The van der Waals surface area contributed by atoms with Crippen LogP contribution in [0, 0.1) is 24.7 Å². The highest BCUT2D eigenvalue weighted by Crippen LogP contribution is 2.43. The van der Waals surface area contributed by atoms with Crippen LogP contribution in [0.5, 0.6) is 5.75 Å². The molecule has 5 rings (SSSR count). The SMILES string of the molecule is C#C.CC.CC1(C)CC(=O)N(C[C@H]2CC2C(=O)N[C@H]2CC(C)(C)Oc3cc(Cl)ccc32)C(N)=N1.c1ccncc1. The fourth-order valence-electron chi connectivity index (χ4n) is 4.75. The molecule has 1 aromatic carbocycles. The largest absolute Gasteiger partial charge is 0.487 e. The zero-order valence-corrected chi connectivity index (χ0v) is 25.1. The van der Waals surface area contributed by atoms with Crippen LogP contribution in [0.3, 0.4) is 0 Å². The number of guanidine groups is 1. The fourth-order valence-corrected chi connectivity index (χ4v) is 4.91. The Morgan fingerprint density at radius 2 is 1.82 bits per heavy atom. The molecule has 1 saturated carbocycles. The summed E-state index contributed by atoms with van der Waals surface area (Å²) in [7, 11) is 0. The second kappa shape index (κ2) is 14.2. The first-order chi connectivity index (χ1) is 18.9. The van der Waals surface area contributed by atoms with E-state index in [1.807, 2.05) is 71.9 Å². The van der Waals surface area contributed by atoms with Gasteiger partial charge in [0.05, 0.1) is 18.0 Å². The van der Waals surface area contributed by atoms with E-state index >= 15 is 0 Å². The lowest BCUT2D eigenvalue weighted by molar-refractivity contribution is -0.130. The van der Waals surface area contributed by atoms with Crippen molar-refractivity contribution in [3.63, 3.8) is 0 Å². The molecule has 2 aliphatic heterocycles. The monoisotopic (exact) mass is 567 g/mol. The number of fused-ring (bicyclic) bond motifs is 1. The molecule has 1 aliphatic carbocycles. The zero-order valence-electron chi connectivity index (χ0n) is 24.4. The van der Waals surface area contributed by atoms with Crippen LogP contribution in [-0.4, -0.2) is 45.3 Å². The van der Waals surface area contributed by atoms with Crippen LogP contribution in [0.25, 0.3) is 0 Å². The van der Waals surface area contributed by atoms with Crippen LogP contribution in [0.2, 0.25) is 5.02 Å². The number of hydrogen-bond donors (Lipinski definition) is 2. The first-order valence-electron chi connectivity index (χ1n) is 13.6. The minimum Gasteiger partial charge on any atom is -0.487 e. The number of hydrogen-bond acceptors (Lipinski definition) is 6. The molecule has 3 heterocycles. The van der Waals surface area contributed by atoms with Gasteiger partial charge in [-0.2, -0.15) is 0 Å². The Morgan fingerprint density at radius 3 is 2.38 bits per heavy atom. The molecule has 3 N–H and O–H groups in total. The number of nitrogens with zero attached hydrogens (tertiary/aromatic N) is 3. The standard InChI is InChI=1S/C22H29ClN4O3.C5H5N.C2H6.C2H2/c1-21(2)10-18(28)27(20(24)26-21)11-12-7-15(12)19(29)25-16-9-22(3,4)30-17-8-13(23)5-6-14(16)17;1-2-4-6-5-3-1;2*1-2/h5-6,8,12,15-16H,7,9-11H2,1-4H3,(H2,24,26)(H,25,29);1-5H;1-2H3;1-2H/t12-,15?,16+;;;/m1.../s1. The summed E-state index contributed by atoms with van der Waals surface area (Å²) in [6.45, 7) is 12.2. The lowest BCUT2D eigenvalue weighted by atomic mass is 9.89. The van der Waals surface area contributed by atoms with E-state index in [1.165, 1.54) is 4.90 Å². The molecular weight excluding hydrogens is 526 g/mol. The van der Waals surface area contributed by atoms with Gasteiger partial charge in [0.15, 0.2) is 5.96 Å². The number of benzene rings is 1. The molecule has 1 aromatic heterocycles. The summed E-state index contributed by atoms with van der Waals surface area (Å²) in [5.41, 5.74) is 6.08. The molecule has 2 aromatic rings. The first kappa shape index (κ1) is 32.6. The predicted molar refractivity (Wildman–Crippen MR) is 161 cm³/mol. The van der Waals surface area contributed by atoms with Crippen molar-refractivity contribution in [2.24, 2.45) is 22.6 Å². The van der Waals surface area contributed by atoms with Crippen molar-refractivity contribution < 1.29 is 14.3 Å². The molecular formula is C31H42ClN5O3. The van der Waals surface area contributed by atoms with Gasteiger partial charge in [-0.1, -0.05) is 37.6 Å². The molecule has 216 valence electrons. The Morgan fingerprint density at radius 1 is 1.18 bits per heavy atom. The molecule has 3 atom stereocenters. The maximum Gasteiger partial charge on any atom is 0.231 e. The molecule has 40 heavy (non-hydrogen) atoms. The number of terminal acetylenes is 1. The van der Waals surface area contributed by atoms with Gasteiger partial charge < -0.3 is 15.8 Å². The molecule has 1 fully saturated rings. The number of rotatable bonds is 4. The normalized spacial score (nSPS) is 23.0. The number of carbonyl (C=O) groups excluding carboxylic acids is 2. The summed E-state index contributed by atoms with van der Waals surface area (Å²) in [5, 5.41) is 3.79. The maximum atomic E-state index is 12.9.